The van der Waals surface area contributed by atoms with Gasteiger partial charge in [-0.25, -0.2) is 19.7 Å². The molecule has 3 aromatic carbocycles. The second-order valence-electron chi connectivity index (χ2n) is 8.36. The lowest BCUT2D eigenvalue weighted by Gasteiger charge is -2.14. The van der Waals surface area contributed by atoms with Gasteiger partial charge in [-0.05, 0) is 36.8 Å². The van der Waals surface area contributed by atoms with Crippen molar-refractivity contribution in [3.8, 4) is 17.3 Å². The summed E-state index contributed by atoms with van der Waals surface area (Å²) in [6, 6.07) is 23.5. The van der Waals surface area contributed by atoms with E-state index in [0.717, 1.165) is 27.5 Å². The summed E-state index contributed by atoms with van der Waals surface area (Å²) in [5, 5.41) is 26.2. The number of hydrogen-bond donors (Lipinski definition) is 3. The van der Waals surface area contributed by atoms with Crippen molar-refractivity contribution in [2.45, 2.75) is 12.1 Å². The summed E-state index contributed by atoms with van der Waals surface area (Å²) < 4.78 is 0.984. The van der Waals surface area contributed by atoms with Crippen molar-refractivity contribution < 1.29 is 14.7 Å². The number of carbonyl (C=O) groups excluding carboxylic acids is 1. The van der Waals surface area contributed by atoms with E-state index in [1.54, 1.807) is 18.2 Å². The van der Waals surface area contributed by atoms with Crippen LogP contribution in [0.1, 0.15) is 21.5 Å². The van der Waals surface area contributed by atoms with E-state index < -0.39 is 5.97 Å². The summed E-state index contributed by atoms with van der Waals surface area (Å²) in [6.45, 7) is 2.00. The van der Waals surface area contributed by atoms with Crippen molar-refractivity contribution in [2.75, 3.05) is 16.4 Å². The molecule has 3 N–H and O–H groups in total. The number of benzene rings is 3. The largest absolute Gasteiger partial charge is 0.478 e. The van der Waals surface area contributed by atoms with E-state index in [9.17, 15) is 20.0 Å². The second kappa shape index (κ2) is 11.3. The fraction of sp³-hybridized carbons (Fsp3) is 0.0714. The van der Waals surface area contributed by atoms with Crippen molar-refractivity contribution in [1.29, 1.82) is 5.26 Å². The highest BCUT2D eigenvalue weighted by molar-refractivity contribution is 7.99. The van der Waals surface area contributed by atoms with E-state index in [2.05, 4.69) is 31.7 Å². The number of carbonyl (C=O) groups is 2. The Morgan fingerprint density at radius 1 is 1.03 bits per heavy atom. The van der Waals surface area contributed by atoms with Crippen LogP contribution in [0.2, 0.25) is 0 Å². The van der Waals surface area contributed by atoms with Crippen LogP contribution in [0.3, 0.4) is 0 Å². The quantitative estimate of drug-likeness (QED) is 0.154. The fourth-order valence-electron chi connectivity index (χ4n) is 3.78. The Labute approximate surface area is 231 Å². The van der Waals surface area contributed by atoms with Crippen LogP contribution in [0.5, 0.6) is 0 Å². The standard InChI is InChI=1S/C28H20N6O3S2/c1-16-11-12-21-22(13-16)39-28(31-21)32-23(35)15-38-27-33-24(17-7-3-2-4-8-17)19(14-29)25(34-27)30-20-10-6-5-9-18(20)26(36)37/h2-13H,15H2,1H3,(H,36,37)(H,30,33,34)(H,31,32,35). The fourth-order valence-corrected chi connectivity index (χ4v) is 5.41. The minimum atomic E-state index is -1.12. The van der Waals surface area contributed by atoms with Gasteiger partial charge < -0.3 is 15.7 Å². The molecule has 192 valence electrons. The lowest BCUT2D eigenvalue weighted by Crippen LogP contribution is -2.14. The summed E-state index contributed by atoms with van der Waals surface area (Å²) in [5.74, 6) is -1.26. The summed E-state index contributed by atoms with van der Waals surface area (Å²) in [4.78, 5) is 38.0. The third-order valence-corrected chi connectivity index (χ3v) is 7.36. The van der Waals surface area contributed by atoms with Gasteiger partial charge in [0.25, 0.3) is 0 Å². The highest BCUT2D eigenvalue weighted by Crippen LogP contribution is 2.32. The zero-order valence-corrected chi connectivity index (χ0v) is 22.1. The number of nitrogens with zero attached hydrogens (tertiary/aromatic N) is 4. The number of nitrogens with one attached hydrogen (secondary N) is 2. The molecule has 2 aromatic heterocycles. The number of carboxylic acid groups (broad SMARTS) is 1. The maximum absolute atomic E-state index is 12.7. The van der Waals surface area contributed by atoms with E-state index in [4.69, 9.17) is 0 Å². The smallest absolute Gasteiger partial charge is 0.337 e. The van der Waals surface area contributed by atoms with Crippen molar-refractivity contribution in [1.82, 2.24) is 15.0 Å². The number of thiazole rings is 1. The van der Waals surface area contributed by atoms with Crippen LogP contribution in [0, 0.1) is 18.3 Å². The van der Waals surface area contributed by atoms with Crippen LogP contribution < -0.4 is 10.6 Å². The first-order valence-electron chi connectivity index (χ1n) is 11.7. The topological polar surface area (TPSA) is 141 Å². The van der Waals surface area contributed by atoms with Crippen molar-refractivity contribution >= 4 is 61.8 Å². The van der Waals surface area contributed by atoms with Crippen molar-refractivity contribution in [3.05, 3.63) is 89.5 Å². The number of hydrogen-bond acceptors (Lipinski definition) is 9. The van der Waals surface area contributed by atoms with E-state index in [1.807, 2.05) is 55.5 Å². The molecular formula is C28H20N6O3S2. The Balaban J connectivity index is 1.44. The molecule has 0 aliphatic carbocycles. The van der Waals surface area contributed by atoms with Gasteiger partial charge in [-0.2, -0.15) is 5.26 Å². The molecule has 0 radical (unpaired) electrons. The van der Waals surface area contributed by atoms with Gasteiger partial charge in [0.2, 0.25) is 5.91 Å². The first-order valence-corrected chi connectivity index (χ1v) is 13.5. The molecule has 0 saturated carbocycles. The average Bonchev–Trinajstić information content (AvgIpc) is 3.33. The van der Waals surface area contributed by atoms with E-state index >= 15 is 0 Å². The first-order chi connectivity index (χ1) is 18.9. The molecule has 9 nitrogen and oxygen atoms in total. The molecule has 0 saturated heterocycles. The summed E-state index contributed by atoms with van der Waals surface area (Å²) in [7, 11) is 0. The van der Waals surface area contributed by atoms with E-state index in [1.165, 1.54) is 17.4 Å². The van der Waals surface area contributed by atoms with Crippen LogP contribution in [-0.4, -0.2) is 37.7 Å². The van der Waals surface area contributed by atoms with Crippen LogP contribution >= 0.6 is 23.1 Å². The minimum Gasteiger partial charge on any atom is -0.478 e. The number of aryl methyl sites for hydroxylation is 1. The van der Waals surface area contributed by atoms with Gasteiger partial charge >= 0.3 is 5.97 Å². The number of anilines is 3. The molecular weight excluding hydrogens is 532 g/mol. The molecule has 1 amide bonds. The van der Waals surface area contributed by atoms with Crippen LogP contribution in [-0.2, 0) is 4.79 Å². The van der Waals surface area contributed by atoms with Gasteiger partial charge in [-0.15, -0.1) is 0 Å². The lowest BCUT2D eigenvalue weighted by atomic mass is 10.1. The lowest BCUT2D eigenvalue weighted by molar-refractivity contribution is -0.113. The molecule has 2 heterocycles. The molecule has 39 heavy (non-hydrogen) atoms. The summed E-state index contributed by atoms with van der Waals surface area (Å²) in [6.07, 6.45) is 0. The number of fused-ring (bicyclic) bond motifs is 1. The highest BCUT2D eigenvalue weighted by atomic mass is 32.2. The number of rotatable bonds is 8. The molecule has 11 heteroatoms. The normalized spacial score (nSPS) is 10.7. The number of aromatic nitrogens is 3. The van der Waals surface area contributed by atoms with Crippen molar-refractivity contribution in [2.24, 2.45) is 0 Å². The number of amides is 1. The monoisotopic (exact) mass is 552 g/mol. The van der Waals surface area contributed by atoms with Gasteiger partial charge in [0.15, 0.2) is 16.1 Å². The van der Waals surface area contributed by atoms with Gasteiger partial charge in [-0.1, -0.05) is 71.6 Å². The van der Waals surface area contributed by atoms with Crippen LogP contribution in [0.25, 0.3) is 21.5 Å². The second-order valence-corrected chi connectivity index (χ2v) is 10.3. The SMILES string of the molecule is Cc1ccc2nc(NC(=O)CSc3nc(Nc4ccccc4C(=O)O)c(C#N)c(-c4ccccc4)n3)sc2c1. The Morgan fingerprint density at radius 3 is 2.56 bits per heavy atom. The van der Waals surface area contributed by atoms with Gasteiger partial charge in [-0.3, -0.25) is 4.79 Å². The number of aromatic carboxylic acids is 1. The molecule has 0 bridgehead atoms. The first kappa shape index (κ1) is 25.8. The molecule has 0 fully saturated rings. The molecule has 0 aliphatic rings. The molecule has 0 unspecified atom stereocenters. The van der Waals surface area contributed by atoms with Gasteiger partial charge in [0.1, 0.15) is 11.6 Å². The zero-order chi connectivity index (χ0) is 27.4. The number of carboxylic acids is 1. The molecule has 5 aromatic rings. The van der Waals surface area contributed by atoms with Crippen LogP contribution in [0.15, 0.2) is 78.0 Å². The van der Waals surface area contributed by atoms with Gasteiger partial charge in [0, 0.05) is 5.56 Å². The van der Waals surface area contributed by atoms with Crippen molar-refractivity contribution in [3.63, 3.8) is 0 Å². The zero-order valence-electron chi connectivity index (χ0n) is 20.5. The third kappa shape index (κ3) is 5.87. The molecule has 0 atom stereocenters. The number of nitriles is 1. The maximum atomic E-state index is 12.7. The Bertz CT molecular complexity index is 1750. The van der Waals surface area contributed by atoms with Crippen LogP contribution in [0.4, 0.5) is 16.6 Å². The van der Waals surface area contributed by atoms with Gasteiger partial charge in [0.05, 0.1) is 32.9 Å². The summed E-state index contributed by atoms with van der Waals surface area (Å²) in [5.41, 5.74) is 3.44. The third-order valence-electron chi connectivity index (χ3n) is 5.58. The Kier molecular flexibility index (Phi) is 7.49. The minimum absolute atomic E-state index is 0.000234. The van der Waals surface area contributed by atoms with E-state index in [0.29, 0.717) is 16.4 Å². The molecule has 0 aliphatic heterocycles. The predicted molar refractivity (Wildman–Crippen MR) is 153 cm³/mol. The Hall–Kier alpha value is -4.79. The summed E-state index contributed by atoms with van der Waals surface area (Å²) >= 11 is 2.49. The molecule has 0 spiro atoms. The highest BCUT2D eigenvalue weighted by Gasteiger charge is 2.19. The Morgan fingerprint density at radius 2 is 1.79 bits per heavy atom. The number of para-hydroxylation sites is 1. The predicted octanol–water partition coefficient (Wildman–Crippen LogP) is 6.11. The average molecular weight is 553 g/mol. The maximum Gasteiger partial charge on any atom is 0.337 e. The number of thioether (sulfide) groups is 1. The van der Waals surface area contributed by atoms with E-state index in [-0.39, 0.29) is 39.4 Å². The molecule has 5 rings (SSSR count).